The van der Waals surface area contributed by atoms with E-state index < -0.39 is 11.5 Å². The summed E-state index contributed by atoms with van der Waals surface area (Å²) in [5.74, 6) is -0.298. The quantitative estimate of drug-likeness (QED) is 0.832. The van der Waals surface area contributed by atoms with E-state index in [9.17, 15) is 14.7 Å². The van der Waals surface area contributed by atoms with Crippen LogP contribution in [0.3, 0.4) is 0 Å². The molecule has 1 unspecified atom stereocenters. The minimum Gasteiger partial charge on any atom is -0.480 e. The van der Waals surface area contributed by atoms with E-state index in [2.05, 4.69) is 12.2 Å². The third kappa shape index (κ3) is 3.25. The lowest BCUT2D eigenvalue weighted by Gasteiger charge is -2.35. The first kappa shape index (κ1) is 15.1. The van der Waals surface area contributed by atoms with Crippen molar-refractivity contribution in [3.05, 3.63) is 0 Å². The third-order valence-corrected chi connectivity index (χ3v) is 4.73. The van der Waals surface area contributed by atoms with Crippen molar-refractivity contribution in [2.24, 2.45) is 5.92 Å². The standard InChI is InChI=1S/C15H26N2O3/c1-2-6-12-7-10-17(11-12)14(20)16-15(13(18)19)8-4-3-5-9-15/h12H,2-11H2,1H3,(H,16,20)(H,18,19). The molecule has 0 spiro atoms. The van der Waals surface area contributed by atoms with Crippen LogP contribution in [-0.2, 0) is 4.79 Å². The first-order chi connectivity index (χ1) is 9.57. The summed E-state index contributed by atoms with van der Waals surface area (Å²) < 4.78 is 0. The number of nitrogens with one attached hydrogen (secondary N) is 1. The van der Waals surface area contributed by atoms with E-state index in [0.717, 1.165) is 51.6 Å². The number of nitrogens with zero attached hydrogens (tertiary/aromatic N) is 1. The molecule has 2 fully saturated rings. The molecular formula is C15H26N2O3. The highest BCUT2D eigenvalue weighted by atomic mass is 16.4. The summed E-state index contributed by atoms with van der Waals surface area (Å²) in [6.07, 6.45) is 7.26. The van der Waals surface area contributed by atoms with Gasteiger partial charge < -0.3 is 15.3 Å². The molecule has 0 aromatic heterocycles. The summed E-state index contributed by atoms with van der Waals surface area (Å²) in [6, 6.07) is -0.187. The Morgan fingerprint density at radius 2 is 2.00 bits per heavy atom. The van der Waals surface area contributed by atoms with Gasteiger partial charge in [-0.25, -0.2) is 9.59 Å². The zero-order valence-electron chi connectivity index (χ0n) is 12.4. The van der Waals surface area contributed by atoms with Gasteiger partial charge in [-0.3, -0.25) is 0 Å². The van der Waals surface area contributed by atoms with E-state index >= 15 is 0 Å². The molecule has 114 valence electrons. The van der Waals surface area contributed by atoms with Gasteiger partial charge in [0.2, 0.25) is 0 Å². The number of likely N-dealkylation sites (tertiary alicyclic amines) is 1. The molecule has 0 bridgehead atoms. The smallest absolute Gasteiger partial charge is 0.329 e. The van der Waals surface area contributed by atoms with Gasteiger partial charge in [0.1, 0.15) is 5.54 Å². The topological polar surface area (TPSA) is 69.6 Å². The molecule has 0 aromatic carbocycles. The second-order valence-corrected chi connectivity index (χ2v) is 6.27. The molecule has 1 heterocycles. The molecule has 2 N–H and O–H groups in total. The molecule has 20 heavy (non-hydrogen) atoms. The van der Waals surface area contributed by atoms with Gasteiger partial charge in [0, 0.05) is 13.1 Å². The largest absolute Gasteiger partial charge is 0.480 e. The van der Waals surface area contributed by atoms with Crippen LogP contribution in [0.15, 0.2) is 0 Å². The second-order valence-electron chi connectivity index (χ2n) is 6.27. The summed E-state index contributed by atoms with van der Waals surface area (Å²) in [5.41, 5.74) is -1.03. The summed E-state index contributed by atoms with van der Waals surface area (Å²) in [7, 11) is 0. The van der Waals surface area contributed by atoms with Crippen molar-refractivity contribution in [3.63, 3.8) is 0 Å². The SMILES string of the molecule is CCCC1CCN(C(=O)NC2(C(=O)O)CCCCC2)C1. The van der Waals surface area contributed by atoms with Crippen molar-refractivity contribution in [2.45, 2.75) is 63.8 Å². The predicted octanol–water partition coefficient (Wildman–Crippen LogP) is 2.61. The minimum absolute atomic E-state index is 0.187. The Balaban J connectivity index is 1.94. The van der Waals surface area contributed by atoms with Crippen molar-refractivity contribution in [1.29, 1.82) is 0 Å². The van der Waals surface area contributed by atoms with Crippen LogP contribution < -0.4 is 5.32 Å². The van der Waals surface area contributed by atoms with Crippen molar-refractivity contribution < 1.29 is 14.7 Å². The summed E-state index contributed by atoms with van der Waals surface area (Å²) in [5, 5.41) is 12.3. The average molecular weight is 282 g/mol. The van der Waals surface area contributed by atoms with Gasteiger partial charge >= 0.3 is 12.0 Å². The zero-order chi connectivity index (χ0) is 14.6. The van der Waals surface area contributed by atoms with Gasteiger partial charge in [0.25, 0.3) is 0 Å². The van der Waals surface area contributed by atoms with E-state index in [0.29, 0.717) is 18.8 Å². The Morgan fingerprint density at radius 1 is 1.30 bits per heavy atom. The maximum absolute atomic E-state index is 12.3. The van der Waals surface area contributed by atoms with Crippen molar-refractivity contribution in [3.8, 4) is 0 Å². The highest BCUT2D eigenvalue weighted by Crippen LogP contribution is 2.29. The Labute approximate surface area is 120 Å². The molecular weight excluding hydrogens is 256 g/mol. The van der Waals surface area contributed by atoms with E-state index in [1.165, 1.54) is 0 Å². The fourth-order valence-corrected chi connectivity index (χ4v) is 3.49. The highest BCUT2D eigenvalue weighted by molar-refractivity contribution is 5.86. The number of carbonyl (C=O) groups is 2. The fraction of sp³-hybridized carbons (Fsp3) is 0.867. The van der Waals surface area contributed by atoms with Gasteiger partial charge in [-0.2, -0.15) is 0 Å². The number of hydrogen-bond donors (Lipinski definition) is 2. The van der Waals surface area contributed by atoms with Crippen LogP contribution in [0, 0.1) is 5.92 Å². The number of carboxylic acid groups (broad SMARTS) is 1. The summed E-state index contributed by atoms with van der Waals surface area (Å²) >= 11 is 0. The summed E-state index contributed by atoms with van der Waals surface area (Å²) in [6.45, 7) is 3.69. The molecule has 1 saturated carbocycles. The van der Waals surface area contributed by atoms with Crippen molar-refractivity contribution >= 4 is 12.0 Å². The van der Waals surface area contributed by atoms with Gasteiger partial charge in [-0.15, -0.1) is 0 Å². The maximum Gasteiger partial charge on any atom is 0.329 e. The Kier molecular flexibility index (Phi) is 4.89. The molecule has 2 aliphatic rings. The number of carbonyl (C=O) groups excluding carboxylic acids is 1. The molecule has 5 nitrogen and oxygen atoms in total. The van der Waals surface area contributed by atoms with Crippen LogP contribution in [0.4, 0.5) is 4.79 Å². The number of urea groups is 1. The lowest BCUT2D eigenvalue weighted by atomic mass is 9.82. The van der Waals surface area contributed by atoms with Crippen molar-refractivity contribution in [2.75, 3.05) is 13.1 Å². The maximum atomic E-state index is 12.3. The molecule has 1 saturated heterocycles. The fourth-order valence-electron chi connectivity index (χ4n) is 3.49. The van der Waals surface area contributed by atoms with E-state index in [4.69, 9.17) is 0 Å². The molecule has 2 rings (SSSR count). The van der Waals surface area contributed by atoms with Gasteiger partial charge in [-0.05, 0) is 31.6 Å². The Hall–Kier alpha value is -1.26. The molecule has 5 heteroatoms. The van der Waals surface area contributed by atoms with E-state index in [1.54, 1.807) is 4.90 Å². The van der Waals surface area contributed by atoms with Crippen LogP contribution in [0.1, 0.15) is 58.3 Å². The van der Waals surface area contributed by atoms with Crippen LogP contribution in [-0.4, -0.2) is 40.6 Å². The van der Waals surface area contributed by atoms with Crippen LogP contribution in [0.5, 0.6) is 0 Å². The van der Waals surface area contributed by atoms with Crippen molar-refractivity contribution in [1.82, 2.24) is 10.2 Å². The number of rotatable bonds is 4. The second kappa shape index (κ2) is 6.46. The third-order valence-electron chi connectivity index (χ3n) is 4.73. The minimum atomic E-state index is -1.03. The lowest BCUT2D eigenvalue weighted by molar-refractivity contribution is -0.145. The average Bonchev–Trinajstić information content (AvgIpc) is 2.89. The molecule has 1 aliphatic carbocycles. The van der Waals surface area contributed by atoms with Crippen LogP contribution in [0.25, 0.3) is 0 Å². The Bertz CT molecular complexity index is 364. The molecule has 0 radical (unpaired) electrons. The molecule has 1 aliphatic heterocycles. The van der Waals surface area contributed by atoms with Crippen LogP contribution >= 0.6 is 0 Å². The first-order valence-electron chi connectivity index (χ1n) is 7.88. The molecule has 0 aromatic rings. The van der Waals surface area contributed by atoms with E-state index in [-0.39, 0.29) is 6.03 Å². The number of carboxylic acids is 1. The van der Waals surface area contributed by atoms with Crippen LogP contribution in [0.2, 0.25) is 0 Å². The Morgan fingerprint density at radius 3 is 2.60 bits per heavy atom. The molecule has 1 atom stereocenters. The van der Waals surface area contributed by atoms with Gasteiger partial charge in [0.05, 0.1) is 0 Å². The number of aliphatic carboxylic acids is 1. The lowest BCUT2D eigenvalue weighted by Crippen LogP contribution is -2.58. The van der Waals surface area contributed by atoms with Gasteiger partial charge in [-0.1, -0.05) is 32.6 Å². The normalized spacial score (nSPS) is 25.4. The number of hydrogen-bond acceptors (Lipinski definition) is 2. The van der Waals surface area contributed by atoms with E-state index in [1.807, 2.05) is 0 Å². The predicted molar refractivity (Wildman–Crippen MR) is 76.6 cm³/mol. The zero-order valence-corrected chi connectivity index (χ0v) is 12.4. The van der Waals surface area contributed by atoms with Gasteiger partial charge in [0.15, 0.2) is 0 Å². The summed E-state index contributed by atoms with van der Waals surface area (Å²) in [4.78, 5) is 25.7. The highest BCUT2D eigenvalue weighted by Gasteiger charge is 2.42. The number of amides is 2. The molecule has 2 amide bonds. The first-order valence-corrected chi connectivity index (χ1v) is 7.88. The monoisotopic (exact) mass is 282 g/mol.